The maximum atomic E-state index is 4.04. The lowest BCUT2D eigenvalue weighted by Gasteiger charge is -2.07. The molecule has 1 aromatic heterocycles. The SMILES string of the molecule is CCNCc1ccccc1Sc1nncs1. The van der Waals surface area contributed by atoms with Gasteiger partial charge in [0.15, 0.2) is 4.34 Å². The Labute approximate surface area is 103 Å². The molecule has 0 fully saturated rings. The second kappa shape index (κ2) is 5.98. The van der Waals surface area contributed by atoms with Crippen molar-refractivity contribution in [2.75, 3.05) is 6.54 Å². The van der Waals surface area contributed by atoms with Crippen molar-refractivity contribution in [1.29, 1.82) is 0 Å². The van der Waals surface area contributed by atoms with Crippen LogP contribution in [0.3, 0.4) is 0 Å². The highest BCUT2D eigenvalue weighted by Gasteiger charge is 2.05. The molecule has 0 unspecified atom stereocenters. The molecule has 0 aliphatic heterocycles. The van der Waals surface area contributed by atoms with Crippen molar-refractivity contribution >= 4 is 23.1 Å². The lowest BCUT2D eigenvalue weighted by Crippen LogP contribution is -2.12. The average molecular weight is 251 g/mol. The molecule has 2 aromatic rings. The molecule has 0 amide bonds. The lowest BCUT2D eigenvalue weighted by atomic mass is 10.2. The highest BCUT2D eigenvalue weighted by atomic mass is 32.2. The zero-order valence-electron chi connectivity index (χ0n) is 9.01. The minimum Gasteiger partial charge on any atom is -0.313 e. The van der Waals surface area contributed by atoms with E-state index in [0.717, 1.165) is 17.4 Å². The van der Waals surface area contributed by atoms with E-state index in [2.05, 4.69) is 46.7 Å². The molecule has 0 atom stereocenters. The molecule has 0 aliphatic rings. The van der Waals surface area contributed by atoms with Crippen LogP contribution in [-0.2, 0) is 6.54 Å². The number of aromatic nitrogens is 2. The predicted octanol–water partition coefficient (Wildman–Crippen LogP) is 2.80. The Morgan fingerprint density at radius 3 is 3.00 bits per heavy atom. The normalized spacial score (nSPS) is 10.6. The highest BCUT2D eigenvalue weighted by Crippen LogP contribution is 2.30. The molecule has 3 nitrogen and oxygen atoms in total. The van der Waals surface area contributed by atoms with Crippen LogP contribution >= 0.6 is 23.1 Å². The van der Waals surface area contributed by atoms with Gasteiger partial charge in [0.1, 0.15) is 5.51 Å². The van der Waals surface area contributed by atoms with Gasteiger partial charge in [-0.15, -0.1) is 10.2 Å². The molecule has 0 saturated heterocycles. The van der Waals surface area contributed by atoms with Gasteiger partial charge in [-0.3, -0.25) is 0 Å². The van der Waals surface area contributed by atoms with Gasteiger partial charge in [-0.05, 0) is 18.2 Å². The van der Waals surface area contributed by atoms with Crippen molar-refractivity contribution in [3.63, 3.8) is 0 Å². The van der Waals surface area contributed by atoms with Gasteiger partial charge >= 0.3 is 0 Å². The monoisotopic (exact) mass is 251 g/mol. The van der Waals surface area contributed by atoms with E-state index < -0.39 is 0 Å². The summed E-state index contributed by atoms with van der Waals surface area (Å²) in [4.78, 5) is 1.25. The van der Waals surface area contributed by atoms with Gasteiger partial charge in [-0.2, -0.15) is 0 Å². The van der Waals surface area contributed by atoms with Gasteiger partial charge in [-0.25, -0.2) is 0 Å². The zero-order valence-corrected chi connectivity index (χ0v) is 10.6. The Hall–Kier alpha value is -0.910. The molecule has 0 aliphatic carbocycles. The zero-order chi connectivity index (χ0) is 11.2. The van der Waals surface area contributed by atoms with Crippen LogP contribution in [0.5, 0.6) is 0 Å². The minimum absolute atomic E-state index is 0.901. The quantitative estimate of drug-likeness (QED) is 0.886. The van der Waals surface area contributed by atoms with Crippen molar-refractivity contribution in [2.45, 2.75) is 22.7 Å². The van der Waals surface area contributed by atoms with Crippen molar-refractivity contribution in [2.24, 2.45) is 0 Å². The molecule has 2 rings (SSSR count). The molecule has 1 heterocycles. The summed E-state index contributed by atoms with van der Waals surface area (Å²) in [5.74, 6) is 0. The summed E-state index contributed by atoms with van der Waals surface area (Å²) in [6, 6.07) is 8.39. The molecule has 84 valence electrons. The summed E-state index contributed by atoms with van der Waals surface area (Å²) < 4.78 is 0.990. The first kappa shape index (κ1) is 11.6. The van der Waals surface area contributed by atoms with Crippen LogP contribution in [0.1, 0.15) is 12.5 Å². The van der Waals surface area contributed by atoms with Gasteiger partial charge < -0.3 is 5.32 Å². The fraction of sp³-hybridized carbons (Fsp3) is 0.273. The maximum absolute atomic E-state index is 4.04. The van der Waals surface area contributed by atoms with Crippen molar-refractivity contribution in [3.05, 3.63) is 35.3 Å². The second-order valence-electron chi connectivity index (χ2n) is 3.19. The summed E-state index contributed by atoms with van der Waals surface area (Å²) >= 11 is 3.25. The third-order valence-corrected chi connectivity index (χ3v) is 3.97. The summed E-state index contributed by atoms with van der Waals surface area (Å²) in [6.07, 6.45) is 0. The van der Waals surface area contributed by atoms with E-state index in [-0.39, 0.29) is 0 Å². The Balaban J connectivity index is 2.13. The van der Waals surface area contributed by atoms with Gasteiger partial charge in [0, 0.05) is 11.4 Å². The topological polar surface area (TPSA) is 37.8 Å². The molecule has 1 N–H and O–H groups in total. The molecule has 0 spiro atoms. The number of nitrogens with one attached hydrogen (secondary N) is 1. The molecule has 16 heavy (non-hydrogen) atoms. The molecule has 1 aromatic carbocycles. The Bertz CT molecular complexity index is 429. The Kier molecular flexibility index (Phi) is 4.33. The molecular formula is C11H13N3S2. The van der Waals surface area contributed by atoms with Crippen LogP contribution in [0.15, 0.2) is 39.0 Å². The number of nitrogens with zero attached hydrogens (tertiary/aromatic N) is 2. The summed E-state index contributed by atoms with van der Waals surface area (Å²) in [6.45, 7) is 4.00. The lowest BCUT2D eigenvalue weighted by molar-refractivity contribution is 0.718. The molecule has 5 heteroatoms. The van der Waals surface area contributed by atoms with Crippen LogP contribution < -0.4 is 5.32 Å². The van der Waals surface area contributed by atoms with E-state index in [1.54, 1.807) is 28.6 Å². The first-order valence-electron chi connectivity index (χ1n) is 5.12. The van der Waals surface area contributed by atoms with Crippen LogP contribution in [0.4, 0.5) is 0 Å². The number of hydrogen-bond donors (Lipinski definition) is 1. The third-order valence-electron chi connectivity index (χ3n) is 2.08. The van der Waals surface area contributed by atoms with Crippen molar-refractivity contribution in [3.8, 4) is 0 Å². The average Bonchev–Trinajstić information content (AvgIpc) is 2.81. The summed E-state index contributed by atoms with van der Waals surface area (Å²) in [7, 11) is 0. The first-order chi connectivity index (χ1) is 7.90. The standard InChI is InChI=1S/C11H13N3S2/c1-2-12-7-9-5-3-4-6-10(9)16-11-14-13-8-15-11/h3-6,8,12H,2,7H2,1H3. The van der Waals surface area contributed by atoms with Gasteiger partial charge in [-0.1, -0.05) is 48.2 Å². The summed E-state index contributed by atoms with van der Waals surface area (Å²) in [5, 5.41) is 11.2. The van der Waals surface area contributed by atoms with E-state index in [4.69, 9.17) is 0 Å². The number of rotatable bonds is 5. The van der Waals surface area contributed by atoms with Gasteiger partial charge in [0.05, 0.1) is 0 Å². The molecule has 0 saturated carbocycles. The van der Waals surface area contributed by atoms with E-state index in [0.29, 0.717) is 0 Å². The van der Waals surface area contributed by atoms with Crippen molar-refractivity contribution in [1.82, 2.24) is 15.5 Å². The number of hydrogen-bond acceptors (Lipinski definition) is 5. The molecular weight excluding hydrogens is 238 g/mol. The van der Waals surface area contributed by atoms with Gasteiger partial charge in [0.25, 0.3) is 0 Å². The van der Waals surface area contributed by atoms with Crippen LogP contribution in [-0.4, -0.2) is 16.7 Å². The minimum atomic E-state index is 0.901. The van der Waals surface area contributed by atoms with E-state index >= 15 is 0 Å². The predicted molar refractivity (Wildman–Crippen MR) is 67.9 cm³/mol. The second-order valence-corrected chi connectivity index (χ2v) is 5.32. The third kappa shape index (κ3) is 3.04. The van der Waals surface area contributed by atoms with E-state index in [1.807, 2.05) is 0 Å². The van der Waals surface area contributed by atoms with Crippen LogP contribution in [0.2, 0.25) is 0 Å². The van der Waals surface area contributed by atoms with Crippen LogP contribution in [0.25, 0.3) is 0 Å². The highest BCUT2D eigenvalue weighted by molar-refractivity contribution is 8.01. The molecule has 0 radical (unpaired) electrons. The fourth-order valence-corrected chi connectivity index (χ4v) is 2.87. The van der Waals surface area contributed by atoms with Crippen LogP contribution in [0, 0.1) is 0 Å². The maximum Gasteiger partial charge on any atom is 0.178 e. The van der Waals surface area contributed by atoms with Crippen molar-refractivity contribution < 1.29 is 0 Å². The molecule has 0 bridgehead atoms. The smallest absolute Gasteiger partial charge is 0.178 e. The fourth-order valence-electron chi connectivity index (χ4n) is 1.31. The first-order valence-corrected chi connectivity index (χ1v) is 6.82. The Morgan fingerprint density at radius 1 is 1.38 bits per heavy atom. The Morgan fingerprint density at radius 2 is 2.25 bits per heavy atom. The van der Waals surface area contributed by atoms with E-state index in [9.17, 15) is 0 Å². The largest absolute Gasteiger partial charge is 0.313 e. The summed E-state index contributed by atoms with van der Waals surface area (Å²) in [5.41, 5.74) is 3.07. The van der Waals surface area contributed by atoms with Gasteiger partial charge in [0.2, 0.25) is 0 Å². The van der Waals surface area contributed by atoms with E-state index in [1.165, 1.54) is 10.5 Å². The number of benzene rings is 1.